The molecule has 1 fully saturated rings. The van der Waals surface area contributed by atoms with E-state index in [4.69, 9.17) is 11.6 Å². The van der Waals surface area contributed by atoms with Gasteiger partial charge in [-0.15, -0.1) is 0 Å². The highest BCUT2D eigenvalue weighted by molar-refractivity contribution is 6.30. The number of likely N-dealkylation sites (tertiary alicyclic amines) is 1. The van der Waals surface area contributed by atoms with E-state index in [0.717, 1.165) is 10.5 Å². The minimum Gasteiger partial charge on any atom is -0.324 e. The number of benzene rings is 1. The summed E-state index contributed by atoms with van der Waals surface area (Å²) in [4.78, 5) is 37.9. The summed E-state index contributed by atoms with van der Waals surface area (Å²) in [5.41, 5.74) is 1.44. The molecule has 1 saturated heterocycles. The zero-order valence-corrected chi connectivity index (χ0v) is 13.5. The van der Waals surface area contributed by atoms with Gasteiger partial charge < -0.3 is 5.32 Å². The number of carbonyl (C=O) groups excluding carboxylic acids is 3. The molecule has 1 aliphatic heterocycles. The number of hydrogen-bond acceptors (Lipinski definition) is 3. The number of halogens is 1. The van der Waals surface area contributed by atoms with Crippen molar-refractivity contribution in [1.82, 2.24) is 4.90 Å². The fraction of sp³-hybridized carbons (Fsp3) is 0.353. The van der Waals surface area contributed by atoms with Gasteiger partial charge in [0.15, 0.2) is 0 Å². The van der Waals surface area contributed by atoms with Gasteiger partial charge in [-0.05, 0) is 43.5 Å². The second-order valence-electron chi connectivity index (χ2n) is 5.93. The Morgan fingerprint density at radius 3 is 2.39 bits per heavy atom. The van der Waals surface area contributed by atoms with Gasteiger partial charge in [-0.3, -0.25) is 19.3 Å². The van der Waals surface area contributed by atoms with Gasteiger partial charge in [-0.2, -0.15) is 0 Å². The van der Waals surface area contributed by atoms with Crippen molar-refractivity contribution in [3.05, 3.63) is 40.9 Å². The van der Waals surface area contributed by atoms with Gasteiger partial charge in [-0.25, -0.2) is 0 Å². The van der Waals surface area contributed by atoms with Crippen LogP contribution in [0, 0.1) is 18.8 Å². The maximum Gasteiger partial charge on any atom is 0.244 e. The third-order valence-corrected chi connectivity index (χ3v) is 4.60. The first kappa shape index (κ1) is 15.7. The van der Waals surface area contributed by atoms with Crippen molar-refractivity contribution in [2.75, 3.05) is 11.9 Å². The first-order chi connectivity index (χ1) is 11.0. The number of imide groups is 1. The molecule has 3 rings (SSSR count). The maximum absolute atomic E-state index is 12.3. The molecule has 0 aromatic heterocycles. The van der Waals surface area contributed by atoms with Crippen molar-refractivity contribution < 1.29 is 14.4 Å². The van der Waals surface area contributed by atoms with Crippen molar-refractivity contribution in [1.29, 1.82) is 0 Å². The number of nitrogens with zero attached hydrogens (tertiary/aromatic N) is 1. The molecular weight excluding hydrogens is 316 g/mol. The normalized spacial score (nSPS) is 23.1. The number of amides is 3. The molecule has 0 unspecified atom stereocenters. The van der Waals surface area contributed by atoms with E-state index >= 15 is 0 Å². The summed E-state index contributed by atoms with van der Waals surface area (Å²) in [5, 5.41) is 3.31. The number of carbonyl (C=O) groups is 3. The predicted molar refractivity (Wildman–Crippen MR) is 86.9 cm³/mol. The van der Waals surface area contributed by atoms with Gasteiger partial charge in [0.05, 0.1) is 11.8 Å². The van der Waals surface area contributed by atoms with Crippen LogP contribution in [0.1, 0.15) is 18.4 Å². The number of hydrogen-bond donors (Lipinski definition) is 1. The van der Waals surface area contributed by atoms with Crippen molar-refractivity contribution >= 4 is 35.0 Å². The monoisotopic (exact) mass is 332 g/mol. The molecule has 0 radical (unpaired) electrons. The minimum atomic E-state index is -0.385. The van der Waals surface area contributed by atoms with Gasteiger partial charge in [0, 0.05) is 10.7 Å². The Morgan fingerprint density at radius 1 is 1.22 bits per heavy atom. The molecule has 2 aliphatic rings. The zero-order chi connectivity index (χ0) is 16.6. The first-order valence-electron chi connectivity index (χ1n) is 7.53. The lowest BCUT2D eigenvalue weighted by Crippen LogP contribution is -2.38. The summed E-state index contributed by atoms with van der Waals surface area (Å²) in [7, 11) is 0. The van der Waals surface area contributed by atoms with Crippen LogP contribution in [0.25, 0.3) is 0 Å². The molecule has 1 heterocycles. The number of allylic oxidation sites excluding steroid dienone is 2. The van der Waals surface area contributed by atoms with Crippen LogP contribution in [0.2, 0.25) is 5.02 Å². The molecule has 1 aromatic rings. The summed E-state index contributed by atoms with van der Waals surface area (Å²) < 4.78 is 0. The lowest BCUT2D eigenvalue weighted by atomic mass is 9.85. The van der Waals surface area contributed by atoms with Crippen LogP contribution in [-0.2, 0) is 14.4 Å². The quantitative estimate of drug-likeness (QED) is 0.683. The fourth-order valence-electron chi connectivity index (χ4n) is 3.13. The van der Waals surface area contributed by atoms with E-state index in [1.54, 1.807) is 18.2 Å². The second-order valence-corrected chi connectivity index (χ2v) is 6.36. The van der Waals surface area contributed by atoms with Crippen LogP contribution in [-0.4, -0.2) is 29.2 Å². The average molecular weight is 333 g/mol. The van der Waals surface area contributed by atoms with E-state index in [1.165, 1.54) is 0 Å². The lowest BCUT2D eigenvalue weighted by Gasteiger charge is -2.15. The van der Waals surface area contributed by atoms with Gasteiger partial charge >= 0.3 is 0 Å². The van der Waals surface area contributed by atoms with Crippen molar-refractivity contribution in [2.24, 2.45) is 11.8 Å². The van der Waals surface area contributed by atoms with Gasteiger partial charge in [0.1, 0.15) is 6.54 Å². The summed E-state index contributed by atoms with van der Waals surface area (Å²) in [6.07, 6.45) is 4.99. The average Bonchev–Trinajstić information content (AvgIpc) is 2.76. The van der Waals surface area contributed by atoms with Crippen LogP contribution in [0.15, 0.2) is 30.4 Å². The van der Waals surface area contributed by atoms with Crippen molar-refractivity contribution in [2.45, 2.75) is 19.8 Å². The third kappa shape index (κ3) is 3.01. The Balaban J connectivity index is 1.68. The summed E-state index contributed by atoms with van der Waals surface area (Å²) in [5.74, 6) is -1.49. The predicted octanol–water partition coefficient (Wildman–Crippen LogP) is 2.54. The smallest absolute Gasteiger partial charge is 0.244 e. The standard InChI is InChI=1S/C17H17ClN2O3/c1-10-8-11(18)6-7-14(10)19-15(21)9-20-16(22)12-4-2-3-5-13(12)17(20)23/h2-3,6-8,12-13H,4-5,9H2,1H3,(H,19,21)/t12-,13+. The number of aryl methyl sites for hydroxylation is 1. The highest BCUT2D eigenvalue weighted by Crippen LogP contribution is 2.34. The Kier molecular flexibility index (Phi) is 4.22. The fourth-order valence-corrected chi connectivity index (χ4v) is 3.35. The molecule has 0 bridgehead atoms. The highest BCUT2D eigenvalue weighted by atomic mass is 35.5. The number of anilines is 1. The van der Waals surface area contributed by atoms with E-state index < -0.39 is 0 Å². The van der Waals surface area contributed by atoms with Crippen molar-refractivity contribution in [3.63, 3.8) is 0 Å². The molecule has 6 heteroatoms. The largest absolute Gasteiger partial charge is 0.324 e. The Hall–Kier alpha value is -2.14. The number of rotatable bonds is 3. The molecule has 2 atom stereocenters. The van der Waals surface area contributed by atoms with E-state index in [-0.39, 0.29) is 36.1 Å². The van der Waals surface area contributed by atoms with E-state index in [1.807, 2.05) is 19.1 Å². The molecular formula is C17H17ClN2O3. The molecule has 0 spiro atoms. The van der Waals surface area contributed by atoms with E-state index in [9.17, 15) is 14.4 Å². The van der Waals surface area contributed by atoms with Crippen LogP contribution < -0.4 is 5.32 Å². The van der Waals surface area contributed by atoms with Crippen molar-refractivity contribution in [3.8, 4) is 0 Å². The molecule has 1 aliphatic carbocycles. The Labute approximate surface area is 139 Å². The van der Waals surface area contributed by atoms with E-state index in [2.05, 4.69) is 5.32 Å². The number of nitrogens with one attached hydrogen (secondary N) is 1. The van der Waals surface area contributed by atoms with Gasteiger partial charge in [0.25, 0.3) is 0 Å². The summed E-state index contributed by atoms with van der Waals surface area (Å²) in [6, 6.07) is 5.12. The Bertz CT molecular complexity index is 688. The van der Waals surface area contributed by atoms with Gasteiger partial charge in [0.2, 0.25) is 17.7 Å². The van der Waals surface area contributed by atoms with Crippen LogP contribution >= 0.6 is 11.6 Å². The molecule has 1 N–H and O–H groups in total. The van der Waals surface area contributed by atoms with Crippen LogP contribution in [0.4, 0.5) is 5.69 Å². The first-order valence-corrected chi connectivity index (χ1v) is 7.91. The molecule has 5 nitrogen and oxygen atoms in total. The maximum atomic E-state index is 12.3. The topological polar surface area (TPSA) is 66.5 Å². The zero-order valence-electron chi connectivity index (χ0n) is 12.7. The summed E-state index contributed by atoms with van der Waals surface area (Å²) >= 11 is 5.88. The molecule has 23 heavy (non-hydrogen) atoms. The van der Waals surface area contributed by atoms with Crippen LogP contribution in [0.3, 0.4) is 0 Å². The molecule has 3 amide bonds. The third-order valence-electron chi connectivity index (χ3n) is 4.36. The van der Waals surface area contributed by atoms with Gasteiger partial charge in [-0.1, -0.05) is 23.8 Å². The lowest BCUT2D eigenvalue weighted by molar-refractivity contribution is -0.142. The van der Waals surface area contributed by atoms with Crippen LogP contribution in [0.5, 0.6) is 0 Å². The number of fused-ring (bicyclic) bond motifs is 1. The summed E-state index contributed by atoms with van der Waals surface area (Å²) in [6.45, 7) is 1.58. The van der Waals surface area contributed by atoms with E-state index in [0.29, 0.717) is 23.6 Å². The molecule has 120 valence electrons. The highest BCUT2D eigenvalue weighted by Gasteiger charge is 2.47. The Morgan fingerprint density at radius 2 is 1.83 bits per heavy atom. The molecule has 0 saturated carbocycles. The minimum absolute atomic E-state index is 0.243. The SMILES string of the molecule is Cc1cc(Cl)ccc1NC(=O)CN1C(=O)[C@H]2CC=CC[C@H]2C1=O. The second kappa shape index (κ2) is 6.16. The molecule has 1 aromatic carbocycles.